The molecule has 0 saturated carbocycles. The Balaban J connectivity index is 1.36. The fourth-order valence-corrected chi connectivity index (χ4v) is 3.45. The molecule has 172 valence electrons. The number of amides is 1. The van der Waals surface area contributed by atoms with Crippen LogP contribution in [-0.4, -0.2) is 25.6 Å². The number of esters is 1. The molecule has 0 aliphatic carbocycles. The third-order valence-electron chi connectivity index (χ3n) is 5.21. The summed E-state index contributed by atoms with van der Waals surface area (Å²) in [5.41, 5.74) is 1.96. The largest absolute Gasteiger partial charge is 0.494 e. The number of benzene rings is 3. The topological polar surface area (TPSA) is 94.8 Å². The molecule has 1 heterocycles. The Hall–Kier alpha value is -4.39. The van der Waals surface area contributed by atoms with Gasteiger partial charge in [-0.15, -0.1) is 0 Å². The second-order valence-corrected chi connectivity index (χ2v) is 7.59. The van der Waals surface area contributed by atoms with Crippen molar-refractivity contribution >= 4 is 28.5 Å². The Morgan fingerprint density at radius 2 is 1.71 bits per heavy atom. The zero-order chi connectivity index (χ0) is 23.9. The number of rotatable bonds is 8. The molecule has 1 aromatic heterocycles. The SMILES string of the molecule is COC(=O)c1cc(=O)c2cc(NC(=O)c3ccc(OCCCc4ccccc4)cc3)ccc2o1. The minimum absolute atomic E-state index is 0.181. The molecule has 7 nitrogen and oxygen atoms in total. The third-order valence-corrected chi connectivity index (χ3v) is 5.21. The highest BCUT2D eigenvalue weighted by molar-refractivity contribution is 6.05. The molecular weight excluding hydrogens is 434 g/mol. The van der Waals surface area contributed by atoms with Gasteiger partial charge in [0.1, 0.15) is 11.3 Å². The van der Waals surface area contributed by atoms with Crippen LogP contribution in [0.2, 0.25) is 0 Å². The Kier molecular flexibility index (Phi) is 7.03. The maximum absolute atomic E-state index is 12.6. The van der Waals surface area contributed by atoms with Crippen molar-refractivity contribution in [3.05, 3.63) is 106 Å². The number of hydrogen-bond donors (Lipinski definition) is 1. The molecule has 34 heavy (non-hydrogen) atoms. The van der Waals surface area contributed by atoms with Gasteiger partial charge in [0.15, 0.2) is 5.43 Å². The van der Waals surface area contributed by atoms with Gasteiger partial charge in [-0.1, -0.05) is 30.3 Å². The summed E-state index contributed by atoms with van der Waals surface area (Å²) >= 11 is 0. The molecule has 0 unspecified atom stereocenters. The zero-order valence-electron chi connectivity index (χ0n) is 18.6. The van der Waals surface area contributed by atoms with Crippen molar-refractivity contribution in [3.8, 4) is 5.75 Å². The van der Waals surface area contributed by atoms with Crippen LogP contribution in [0.3, 0.4) is 0 Å². The first-order valence-electron chi connectivity index (χ1n) is 10.8. The highest BCUT2D eigenvalue weighted by atomic mass is 16.5. The summed E-state index contributed by atoms with van der Waals surface area (Å²) in [6.07, 6.45) is 1.83. The predicted octanol–water partition coefficient (Wildman–Crippen LogP) is 4.84. The number of hydrogen-bond acceptors (Lipinski definition) is 6. The van der Waals surface area contributed by atoms with E-state index in [2.05, 4.69) is 22.2 Å². The number of nitrogens with one attached hydrogen (secondary N) is 1. The van der Waals surface area contributed by atoms with Gasteiger partial charge in [-0.05, 0) is 60.9 Å². The van der Waals surface area contributed by atoms with E-state index in [-0.39, 0.29) is 22.6 Å². The molecule has 0 fully saturated rings. The Morgan fingerprint density at radius 3 is 2.44 bits per heavy atom. The van der Waals surface area contributed by atoms with Gasteiger partial charge < -0.3 is 19.2 Å². The molecule has 0 atom stereocenters. The van der Waals surface area contributed by atoms with E-state index in [9.17, 15) is 14.4 Å². The van der Waals surface area contributed by atoms with Crippen molar-refractivity contribution in [1.82, 2.24) is 0 Å². The minimum atomic E-state index is -0.736. The van der Waals surface area contributed by atoms with Gasteiger partial charge in [-0.2, -0.15) is 0 Å². The van der Waals surface area contributed by atoms with Gasteiger partial charge >= 0.3 is 5.97 Å². The molecule has 4 rings (SSSR count). The number of aryl methyl sites for hydroxylation is 1. The first-order chi connectivity index (χ1) is 16.5. The van der Waals surface area contributed by atoms with E-state index in [4.69, 9.17) is 9.15 Å². The van der Waals surface area contributed by atoms with Gasteiger partial charge in [0.25, 0.3) is 5.91 Å². The summed E-state index contributed by atoms with van der Waals surface area (Å²) in [6.45, 7) is 0.581. The van der Waals surface area contributed by atoms with Crippen LogP contribution in [-0.2, 0) is 11.2 Å². The van der Waals surface area contributed by atoms with Crippen molar-refractivity contribution in [2.24, 2.45) is 0 Å². The number of methoxy groups -OCH3 is 1. The molecule has 0 aliphatic rings. The van der Waals surface area contributed by atoms with Crippen LogP contribution >= 0.6 is 0 Å². The molecule has 0 radical (unpaired) electrons. The molecule has 0 aliphatic heterocycles. The average Bonchev–Trinajstić information content (AvgIpc) is 2.87. The van der Waals surface area contributed by atoms with E-state index in [1.807, 2.05) is 18.2 Å². The third kappa shape index (κ3) is 5.50. The van der Waals surface area contributed by atoms with E-state index >= 15 is 0 Å². The van der Waals surface area contributed by atoms with Crippen molar-refractivity contribution < 1.29 is 23.5 Å². The van der Waals surface area contributed by atoms with Crippen LogP contribution in [0.15, 0.2) is 88.1 Å². The van der Waals surface area contributed by atoms with Crippen LogP contribution in [0.25, 0.3) is 11.0 Å². The Labute approximate surface area is 195 Å². The number of fused-ring (bicyclic) bond motifs is 1. The lowest BCUT2D eigenvalue weighted by Gasteiger charge is -2.09. The maximum Gasteiger partial charge on any atom is 0.374 e. The second-order valence-electron chi connectivity index (χ2n) is 7.59. The molecule has 0 saturated heterocycles. The molecule has 0 spiro atoms. The molecule has 3 aromatic carbocycles. The number of anilines is 1. The van der Waals surface area contributed by atoms with Crippen molar-refractivity contribution in [1.29, 1.82) is 0 Å². The lowest BCUT2D eigenvalue weighted by molar-refractivity contribution is 0.0565. The standard InChI is InChI=1S/C27H23NO6/c1-32-27(31)25-17-23(29)22-16-20(11-14-24(22)34-25)28-26(30)19-9-12-21(13-10-19)33-15-5-8-18-6-3-2-4-7-18/h2-4,6-7,9-14,16-17H,5,8,15H2,1H3,(H,28,30). The van der Waals surface area contributed by atoms with Gasteiger partial charge in [-0.3, -0.25) is 9.59 Å². The predicted molar refractivity (Wildman–Crippen MR) is 128 cm³/mol. The van der Waals surface area contributed by atoms with E-state index in [0.717, 1.165) is 18.9 Å². The van der Waals surface area contributed by atoms with Crippen molar-refractivity contribution in [2.45, 2.75) is 12.8 Å². The molecule has 1 N–H and O–H groups in total. The molecule has 4 aromatic rings. The number of carbonyl (C=O) groups is 2. The van der Waals surface area contributed by atoms with Gasteiger partial charge in [0.2, 0.25) is 5.76 Å². The highest BCUT2D eigenvalue weighted by Crippen LogP contribution is 2.20. The quantitative estimate of drug-likeness (QED) is 0.300. The first-order valence-corrected chi connectivity index (χ1v) is 10.8. The molecular formula is C27H23NO6. The zero-order valence-corrected chi connectivity index (χ0v) is 18.6. The van der Waals surface area contributed by atoms with Crippen LogP contribution in [0.4, 0.5) is 5.69 Å². The monoisotopic (exact) mass is 457 g/mol. The average molecular weight is 457 g/mol. The van der Waals surface area contributed by atoms with Crippen molar-refractivity contribution in [3.63, 3.8) is 0 Å². The molecule has 7 heteroatoms. The summed E-state index contributed by atoms with van der Waals surface area (Å²) in [6, 6.07) is 22.8. The van der Waals surface area contributed by atoms with E-state index in [1.165, 1.54) is 24.8 Å². The highest BCUT2D eigenvalue weighted by Gasteiger charge is 2.14. The Bertz CT molecular complexity index is 1360. The summed E-state index contributed by atoms with van der Waals surface area (Å²) in [7, 11) is 1.20. The van der Waals surface area contributed by atoms with E-state index in [0.29, 0.717) is 23.6 Å². The van der Waals surface area contributed by atoms with Crippen LogP contribution in [0.5, 0.6) is 5.75 Å². The van der Waals surface area contributed by atoms with Gasteiger partial charge in [-0.25, -0.2) is 4.79 Å². The van der Waals surface area contributed by atoms with E-state index in [1.54, 1.807) is 30.3 Å². The Morgan fingerprint density at radius 1 is 0.941 bits per heavy atom. The maximum atomic E-state index is 12.6. The van der Waals surface area contributed by atoms with Gasteiger partial charge in [0, 0.05) is 17.3 Å². The second kappa shape index (κ2) is 10.5. The number of carbonyl (C=O) groups excluding carboxylic acids is 2. The summed E-state index contributed by atoms with van der Waals surface area (Å²) in [4.78, 5) is 36.6. The first kappa shape index (κ1) is 22.8. The van der Waals surface area contributed by atoms with Crippen LogP contribution in [0.1, 0.15) is 32.9 Å². The smallest absolute Gasteiger partial charge is 0.374 e. The van der Waals surface area contributed by atoms with Crippen LogP contribution in [0, 0.1) is 0 Å². The normalized spacial score (nSPS) is 10.6. The minimum Gasteiger partial charge on any atom is -0.494 e. The molecule has 0 bridgehead atoms. The van der Waals surface area contributed by atoms with Crippen LogP contribution < -0.4 is 15.5 Å². The summed E-state index contributed by atoms with van der Waals surface area (Å²) in [5, 5.41) is 3.00. The van der Waals surface area contributed by atoms with Crippen molar-refractivity contribution in [2.75, 3.05) is 19.0 Å². The lowest BCUT2D eigenvalue weighted by atomic mass is 10.1. The number of ether oxygens (including phenoxy) is 2. The fraction of sp³-hybridized carbons (Fsp3) is 0.148. The summed E-state index contributed by atoms with van der Waals surface area (Å²) in [5.74, 6) is -0.556. The molecule has 1 amide bonds. The lowest BCUT2D eigenvalue weighted by Crippen LogP contribution is -2.13. The van der Waals surface area contributed by atoms with E-state index < -0.39 is 11.4 Å². The van der Waals surface area contributed by atoms with Gasteiger partial charge in [0.05, 0.1) is 19.1 Å². The summed E-state index contributed by atoms with van der Waals surface area (Å²) < 4.78 is 15.8. The fourth-order valence-electron chi connectivity index (χ4n) is 3.45.